The van der Waals surface area contributed by atoms with Crippen LogP contribution in [0.3, 0.4) is 0 Å². The summed E-state index contributed by atoms with van der Waals surface area (Å²) in [5, 5.41) is 10.4. The Balaban J connectivity index is 2.17. The van der Waals surface area contributed by atoms with Gasteiger partial charge in [-0.1, -0.05) is 36.7 Å². The summed E-state index contributed by atoms with van der Waals surface area (Å²) in [6, 6.07) is 11.4. The van der Waals surface area contributed by atoms with E-state index >= 15 is 0 Å². The van der Waals surface area contributed by atoms with Crippen LogP contribution in [0, 0.1) is 5.82 Å². The molecule has 1 unspecified atom stereocenters. The van der Waals surface area contributed by atoms with Crippen molar-refractivity contribution in [1.82, 2.24) is 0 Å². The second-order valence-electron chi connectivity index (χ2n) is 4.49. The molecule has 0 fully saturated rings. The lowest BCUT2D eigenvalue weighted by Crippen LogP contribution is -2.03. The Morgan fingerprint density at radius 1 is 1.25 bits per heavy atom. The van der Waals surface area contributed by atoms with Crippen molar-refractivity contribution in [2.45, 2.75) is 26.1 Å². The van der Waals surface area contributed by atoms with Crippen LogP contribution in [0.2, 0.25) is 5.02 Å². The molecule has 2 rings (SSSR count). The SMILES string of the molecule is CCC(O)c1ccccc1OCc1cc(F)ccc1Cl. The van der Waals surface area contributed by atoms with Crippen LogP contribution in [0.4, 0.5) is 4.39 Å². The van der Waals surface area contributed by atoms with E-state index in [2.05, 4.69) is 0 Å². The second kappa shape index (κ2) is 6.73. The van der Waals surface area contributed by atoms with Gasteiger partial charge in [0.1, 0.15) is 18.2 Å². The highest BCUT2D eigenvalue weighted by molar-refractivity contribution is 6.31. The fraction of sp³-hybridized carbons (Fsp3) is 0.250. The Hall–Kier alpha value is -1.58. The monoisotopic (exact) mass is 294 g/mol. The van der Waals surface area contributed by atoms with Gasteiger partial charge >= 0.3 is 0 Å². The number of aliphatic hydroxyl groups is 1. The molecule has 0 aliphatic rings. The van der Waals surface area contributed by atoms with E-state index in [1.807, 2.05) is 25.1 Å². The Morgan fingerprint density at radius 3 is 2.75 bits per heavy atom. The molecule has 1 N–H and O–H groups in total. The van der Waals surface area contributed by atoms with Crippen molar-refractivity contribution in [2.75, 3.05) is 0 Å². The van der Waals surface area contributed by atoms with Gasteiger partial charge in [-0.15, -0.1) is 0 Å². The van der Waals surface area contributed by atoms with Crippen molar-refractivity contribution in [2.24, 2.45) is 0 Å². The number of ether oxygens (including phenoxy) is 1. The number of aliphatic hydroxyl groups excluding tert-OH is 1. The molecule has 2 aromatic rings. The molecule has 0 aliphatic heterocycles. The maximum Gasteiger partial charge on any atom is 0.125 e. The minimum absolute atomic E-state index is 0.157. The van der Waals surface area contributed by atoms with Crippen LogP contribution in [0.1, 0.15) is 30.6 Å². The number of halogens is 2. The van der Waals surface area contributed by atoms with E-state index in [9.17, 15) is 9.50 Å². The summed E-state index contributed by atoms with van der Waals surface area (Å²) < 4.78 is 18.9. The maximum atomic E-state index is 13.2. The zero-order chi connectivity index (χ0) is 14.5. The van der Waals surface area contributed by atoms with Gasteiger partial charge in [0.25, 0.3) is 0 Å². The summed E-state index contributed by atoms with van der Waals surface area (Å²) in [6.45, 7) is 2.05. The summed E-state index contributed by atoms with van der Waals surface area (Å²) in [5.74, 6) is 0.233. The molecule has 106 valence electrons. The summed E-state index contributed by atoms with van der Waals surface area (Å²) in [7, 11) is 0. The minimum Gasteiger partial charge on any atom is -0.488 e. The largest absolute Gasteiger partial charge is 0.488 e. The highest BCUT2D eigenvalue weighted by Gasteiger charge is 2.12. The smallest absolute Gasteiger partial charge is 0.125 e. The summed E-state index contributed by atoms with van der Waals surface area (Å²) in [4.78, 5) is 0. The first-order valence-corrected chi connectivity index (χ1v) is 6.83. The molecule has 0 aromatic heterocycles. The van der Waals surface area contributed by atoms with Crippen molar-refractivity contribution >= 4 is 11.6 Å². The topological polar surface area (TPSA) is 29.5 Å². The van der Waals surface area contributed by atoms with Crippen LogP contribution in [0.15, 0.2) is 42.5 Å². The second-order valence-corrected chi connectivity index (χ2v) is 4.89. The highest BCUT2D eigenvalue weighted by Crippen LogP contribution is 2.28. The molecule has 0 saturated carbocycles. The van der Waals surface area contributed by atoms with E-state index in [0.29, 0.717) is 22.8 Å². The van der Waals surface area contributed by atoms with Crippen molar-refractivity contribution in [3.8, 4) is 5.75 Å². The van der Waals surface area contributed by atoms with Gasteiger partial charge in [-0.25, -0.2) is 4.39 Å². The third-order valence-electron chi connectivity index (χ3n) is 3.06. The van der Waals surface area contributed by atoms with Crippen LogP contribution in [-0.4, -0.2) is 5.11 Å². The summed E-state index contributed by atoms with van der Waals surface area (Å²) >= 11 is 6.00. The first-order valence-electron chi connectivity index (χ1n) is 6.45. The molecule has 0 radical (unpaired) electrons. The third kappa shape index (κ3) is 3.50. The van der Waals surface area contributed by atoms with Gasteiger partial charge in [0, 0.05) is 16.1 Å². The van der Waals surface area contributed by atoms with Gasteiger partial charge < -0.3 is 9.84 Å². The van der Waals surface area contributed by atoms with Gasteiger partial charge in [-0.3, -0.25) is 0 Å². The molecule has 0 amide bonds. The number of hydrogen-bond donors (Lipinski definition) is 1. The van der Waals surface area contributed by atoms with Gasteiger partial charge in [-0.05, 0) is 30.7 Å². The number of rotatable bonds is 5. The standard InChI is InChI=1S/C16H16ClFO2/c1-2-15(19)13-5-3-4-6-16(13)20-10-11-9-12(18)7-8-14(11)17/h3-9,15,19H,2,10H2,1H3. The van der Waals surface area contributed by atoms with Crippen molar-refractivity contribution in [3.05, 3.63) is 64.4 Å². The average Bonchev–Trinajstić information content (AvgIpc) is 2.47. The predicted octanol–water partition coefficient (Wildman–Crippen LogP) is 4.50. The molecule has 0 spiro atoms. The van der Waals surface area contributed by atoms with E-state index in [1.54, 1.807) is 6.07 Å². The molecule has 0 saturated heterocycles. The zero-order valence-electron chi connectivity index (χ0n) is 11.1. The molecular weight excluding hydrogens is 279 g/mol. The van der Waals surface area contributed by atoms with Gasteiger partial charge in [-0.2, -0.15) is 0 Å². The molecule has 2 aromatic carbocycles. The zero-order valence-corrected chi connectivity index (χ0v) is 11.9. The molecule has 20 heavy (non-hydrogen) atoms. The number of benzene rings is 2. The molecule has 0 aliphatic carbocycles. The van der Waals surface area contributed by atoms with Crippen LogP contribution >= 0.6 is 11.6 Å². The van der Waals surface area contributed by atoms with Crippen LogP contribution in [-0.2, 0) is 6.61 Å². The predicted molar refractivity (Wildman–Crippen MR) is 77.4 cm³/mol. The van der Waals surface area contributed by atoms with Gasteiger partial charge in [0.2, 0.25) is 0 Å². The highest BCUT2D eigenvalue weighted by atomic mass is 35.5. The first-order chi connectivity index (χ1) is 9.61. The molecule has 1 atom stereocenters. The average molecular weight is 295 g/mol. The lowest BCUT2D eigenvalue weighted by molar-refractivity contribution is 0.166. The first kappa shape index (κ1) is 14.8. The van der Waals surface area contributed by atoms with Crippen LogP contribution in [0.5, 0.6) is 5.75 Å². The van der Waals surface area contributed by atoms with Crippen molar-refractivity contribution in [3.63, 3.8) is 0 Å². The quantitative estimate of drug-likeness (QED) is 0.879. The van der Waals surface area contributed by atoms with E-state index in [-0.39, 0.29) is 12.4 Å². The summed E-state index contributed by atoms with van der Waals surface area (Å²) in [5.41, 5.74) is 1.30. The molecule has 0 heterocycles. The normalized spacial score (nSPS) is 12.2. The van der Waals surface area contributed by atoms with E-state index in [0.717, 1.165) is 5.56 Å². The minimum atomic E-state index is -0.575. The van der Waals surface area contributed by atoms with Crippen LogP contribution in [0.25, 0.3) is 0 Å². The van der Waals surface area contributed by atoms with Gasteiger partial charge in [0.15, 0.2) is 0 Å². The van der Waals surface area contributed by atoms with Gasteiger partial charge in [0.05, 0.1) is 6.10 Å². The Kier molecular flexibility index (Phi) is 4.99. The lowest BCUT2D eigenvalue weighted by Gasteiger charge is -2.15. The molecule has 2 nitrogen and oxygen atoms in total. The Labute approximate surface area is 122 Å². The fourth-order valence-corrected chi connectivity index (χ4v) is 2.09. The van der Waals surface area contributed by atoms with E-state index < -0.39 is 6.10 Å². The molecule has 0 bridgehead atoms. The maximum absolute atomic E-state index is 13.2. The lowest BCUT2D eigenvalue weighted by atomic mass is 10.1. The van der Waals surface area contributed by atoms with E-state index in [4.69, 9.17) is 16.3 Å². The fourth-order valence-electron chi connectivity index (χ4n) is 1.92. The molecule has 4 heteroatoms. The van der Waals surface area contributed by atoms with Crippen molar-refractivity contribution < 1.29 is 14.2 Å². The van der Waals surface area contributed by atoms with E-state index in [1.165, 1.54) is 18.2 Å². The third-order valence-corrected chi connectivity index (χ3v) is 3.42. The Bertz CT molecular complexity index is 586. The van der Waals surface area contributed by atoms with Crippen molar-refractivity contribution in [1.29, 1.82) is 0 Å². The summed E-state index contributed by atoms with van der Waals surface area (Å²) in [6.07, 6.45) is 0.0235. The number of hydrogen-bond acceptors (Lipinski definition) is 2. The van der Waals surface area contributed by atoms with Crippen LogP contribution < -0.4 is 4.74 Å². The number of para-hydroxylation sites is 1. The Morgan fingerprint density at radius 2 is 2.00 bits per heavy atom. The molecular formula is C16H16ClFO2.